The van der Waals surface area contributed by atoms with Crippen LogP contribution in [0.2, 0.25) is 0 Å². The molecule has 1 unspecified atom stereocenters. The molecule has 1 rings (SSSR count). The Morgan fingerprint density at radius 2 is 2.00 bits per heavy atom. The van der Waals surface area contributed by atoms with Crippen molar-refractivity contribution in [2.45, 2.75) is 45.9 Å². The molecule has 1 aromatic carbocycles. The predicted octanol–water partition coefficient (Wildman–Crippen LogP) is 2.94. The van der Waals surface area contributed by atoms with Crippen LogP contribution in [0.4, 0.5) is 8.78 Å². The van der Waals surface area contributed by atoms with Gasteiger partial charge in [-0.15, -0.1) is 0 Å². The summed E-state index contributed by atoms with van der Waals surface area (Å²) in [6.07, 6.45) is 1.12. The minimum atomic E-state index is -2.87. The summed E-state index contributed by atoms with van der Waals surface area (Å²) in [4.78, 5) is 0. The highest BCUT2D eigenvalue weighted by Crippen LogP contribution is 2.29. The quantitative estimate of drug-likeness (QED) is 0.653. The number of aliphatic hydroxyl groups excluding tert-OH is 1. The van der Waals surface area contributed by atoms with Crippen molar-refractivity contribution in [3.8, 4) is 11.5 Å². The molecule has 0 saturated heterocycles. The zero-order chi connectivity index (χ0) is 15.7. The number of hydrogen-bond donors (Lipinski definition) is 2. The van der Waals surface area contributed by atoms with E-state index in [9.17, 15) is 13.9 Å². The highest BCUT2D eigenvalue weighted by Gasteiger charge is 2.11. The first-order chi connectivity index (χ1) is 10.1. The standard InChI is InChI=1S/C15H23F2NO3/c1-3-12(19)7-8-18-10-11-5-6-13(21-15(16)17)14(9-11)20-4-2/h5-6,9,12,15,18-19H,3-4,7-8,10H2,1-2H3. The number of alkyl halides is 2. The lowest BCUT2D eigenvalue weighted by Gasteiger charge is -2.13. The van der Waals surface area contributed by atoms with Crippen LogP contribution in [0.1, 0.15) is 32.3 Å². The topological polar surface area (TPSA) is 50.7 Å². The molecule has 0 bridgehead atoms. The molecule has 2 N–H and O–H groups in total. The van der Waals surface area contributed by atoms with Crippen molar-refractivity contribution in [1.82, 2.24) is 5.32 Å². The Morgan fingerprint density at radius 1 is 1.24 bits per heavy atom. The van der Waals surface area contributed by atoms with Crippen molar-refractivity contribution in [2.75, 3.05) is 13.2 Å². The number of hydrogen-bond acceptors (Lipinski definition) is 4. The van der Waals surface area contributed by atoms with Crippen LogP contribution in [0.25, 0.3) is 0 Å². The lowest BCUT2D eigenvalue weighted by molar-refractivity contribution is -0.0514. The van der Waals surface area contributed by atoms with Crippen LogP contribution >= 0.6 is 0 Å². The molecule has 0 aliphatic rings. The van der Waals surface area contributed by atoms with Crippen LogP contribution in [0.5, 0.6) is 11.5 Å². The molecule has 0 spiro atoms. The van der Waals surface area contributed by atoms with E-state index in [0.29, 0.717) is 31.9 Å². The van der Waals surface area contributed by atoms with Crippen molar-refractivity contribution in [3.63, 3.8) is 0 Å². The van der Waals surface area contributed by atoms with Gasteiger partial charge in [0.1, 0.15) is 0 Å². The Kier molecular flexibility index (Phi) is 8.00. The van der Waals surface area contributed by atoms with Gasteiger partial charge in [-0.25, -0.2) is 0 Å². The molecular formula is C15H23F2NO3. The lowest BCUT2D eigenvalue weighted by Crippen LogP contribution is -2.19. The Bertz CT molecular complexity index is 416. The molecule has 21 heavy (non-hydrogen) atoms. The number of benzene rings is 1. The van der Waals surface area contributed by atoms with E-state index in [-0.39, 0.29) is 11.9 Å². The van der Waals surface area contributed by atoms with Crippen LogP contribution in [0.15, 0.2) is 18.2 Å². The molecule has 6 heteroatoms. The Hall–Kier alpha value is -1.40. The predicted molar refractivity (Wildman–Crippen MR) is 76.9 cm³/mol. The highest BCUT2D eigenvalue weighted by molar-refractivity contribution is 5.43. The SMILES string of the molecule is CCOc1cc(CNCCC(O)CC)ccc1OC(F)F. The van der Waals surface area contributed by atoms with Crippen molar-refractivity contribution < 1.29 is 23.4 Å². The maximum absolute atomic E-state index is 12.3. The highest BCUT2D eigenvalue weighted by atomic mass is 19.3. The van der Waals surface area contributed by atoms with Gasteiger partial charge in [-0.05, 0) is 44.0 Å². The molecule has 120 valence electrons. The van der Waals surface area contributed by atoms with Crippen LogP contribution in [-0.4, -0.2) is 31.0 Å². The molecule has 1 aromatic rings. The number of aliphatic hydroxyl groups is 1. The monoisotopic (exact) mass is 303 g/mol. The summed E-state index contributed by atoms with van der Waals surface area (Å²) in [5.74, 6) is 0.350. The maximum Gasteiger partial charge on any atom is 0.387 e. The van der Waals surface area contributed by atoms with Crippen LogP contribution in [-0.2, 0) is 6.54 Å². The van der Waals surface area contributed by atoms with Gasteiger partial charge < -0.3 is 19.9 Å². The second-order valence-electron chi connectivity index (χ2n) is 4.62. The van der Waals surface area contributed by atoms with E-state index in [0.717, 1.165) is 12.0 Å². The summed E-state index contributed by atoms with van der Waals surface area (Å²) in [6, 6.07) is 4.88. The third kappa shape index (κ3) is 6.73. The minimum absolute atomic E-state index is 0.0389. The molecule has 0 amide bonds. The van der Waals surface area contributed by atoms with Crippen molar-refractivity contribution >= 4 is 0 Å². The van der Waals surface area contributed by atoms with Crippen LogP contribution in [0, 0.1) is 0 Å². The van der Waals surface area contributed by atoms with Gasteiger partial charge in [0.15, 0.2) is 11.5 Å². The van der Waals surface area contributed by atoms with Gasteiger partial charge in [-0.2, -0.15) is 8.78 Å². The van der Waals surface area contributed by atoms with E-state index in [1.807, 2.05) is 6.92 Å². The Morgan fingerprint density at radius 3 is 2.62 bits per heavy atom. The Labute approximate surface area is 124 Å². The third-order valence-corrected chi connectivity index (χ3v) is 2.98. The van der Waals surface area contributed by atoms with E-state index in [1.165, 1.54) is 6.07 Å². The van der Waals surface area contributed by atoms with Gasteiger partial charge in [0.05, 0.1) is 12.7 Å². The fourth-order valence-corrected chi connectivity index (χ4v) is 1.83. The smallest absolute Gasteiger partial charge is 0.387 e. The minimum Gasteiger partial charge on any atom is -0.490 e. The molecular weight excluding hydrogens is 280 g/mol. The maximum atomic E-state index is 12.3. The summed E-state index contributed by atoms with van der Waals surface area (Å²) >= 11 is 0. The molecule has 0 aliphatic heterocycles. The van der Waals surface area contributed by atoms with Crippen LogP contribution in [0.3, 0.4) is 0 Å². The average molecular weight is 303 g/mol. The van der Waals surface area contributed by atoms with Crippen molar-refractivity contribution in [1.29, 1.82) is 0 Å². The Balaban J connectivity index is 2.57. The molecule has 0 aliphatic carbocycles. The molecule has 1 atom stereocenters. The molecule has 0 radical (unpaired) electrons. The van der Waals surface area contributed by atoms with Gasteiger partial charge >= 0.3 is 6.61 Å². The zero-order valence-electron chi connectivity index (χ0n) is 12.4. The van der Waals surface area contributed by atoms with Gasteiger partial charge in [0, 0.05) is 6.54 Å². The van der Waals surface area contributed by atoms with E-state index in [4.69, 9.17) is 4.74 Å². The van der Waals surface area contributed by atoms with E-state index in [2.05, 4.69) is 10.1 Å². The zero-order valence-corrected chi connectivity index (χ0v) is 12.4. The van der Waals surface area contributed by atoms with E-state index < -0.39 is 6.61 Å². The largest absolute Gasteiger partial charge is 0.490 e. The summed E-state index contributed by atoms with van der Waals surface area (Å²) in [5.41, 5.74) is 0.908. The van der Waals surface area contributed by atoms with E-state index >= 15 is 0 Å². The van der Waals surface area contributed by atoms with E-state index in [1.54, 1.807) is 19.1 Å². The summed E-state index contributed by atoms with van der Waals surface area (Å²) in [6.45, 7) is 2.48. The average Bonchev–Trinajstić information content (AvgIpc) is 2.45. The molecule has 0 saturated carbocycles. The second kappa shape index (κ2) is 9.52. The van der Waals surface area contributed by atoms with Crippen molar-refractivity contribution in [3.05, 3.63) is 23.8 Å². The first-order valence-corrected chi connectivity index (χ1v) is 7.16. The normalized spacial score (nSPS) is 12.5. The summed E-state index contributed by atoms with van der Waals surface area (Å²) in [5, 5.41) is 12.6. The van der Waals surface area contributed by atoms with Crippen LogP contribution < -0.4 is 14.8 Å². The molecule has 0 heterocycles. The fraction of sp³-hybridized carbons (Fsp3) is 0.600. The summed E-state index contributed by atoms with van der Waals surface area (Å²) in [7, 11) is 0. The number of halogens is 2. The second-order valence-corrected chi connectivity index (χ2v) is 4.62. The molecule has 0 aromatic heterocycles. The van der Waals surface area contributed by atoms with Gasteiger partial charge in [0.2, 0.25) is 0 Å². The molecule has 4 nitrogen and oxygen atoms in total. The lowest BCUT2D eigenvalue weighted by atomic mass is 10.2. The molecule has 0 fully saturated rings. The third-order valence-electron chi connectivity index (χ3n) is 2.98. The van der Waals surface area contributed by atoms with Gasteiger partial charge in [-0.3, -0.25) is 0 Å². The fourth-order valence-electron chi connectivity index (χ4n) is 1.83. The first-order valence-electron chi connectivity index (χ1n) is 7.16. The number of ether oxygens (including phenoxy) is 2. The van der Waals surface area contributed by atoms with Crippen molar-refractivity contribution in [2.24, 2.45) is 0 Å². The summed E-state index contributed by atoms with van der Waals surface area (Å²) < 4.78 is 34.3. The number of nitrogens with one attached hydrogen (secondary N) is 1. The van der Waals surface area contributed by atoms with Gasteiger partial charge in [-0.1, -0.05) is 13.0 Å². The number of rotatable bonds is 10. The first kappa shape index (κ1) is 17.7. The van der Waals surface area contributed by atoms with Gasteiger partial charge in [0.25, 0.3) is 0 Å².